The Balaban J connectivity index is 2.28. The molecule has 0 aliphatic carbocycles. The zero-order valence-electron chi connectivity index (χ0n) is 18.2. The fourth-order valence-electron chi connectivity index (χ4n) is 2.89. The zero-order chi connectivity index (χ0) is 24.1. The molecular formula is C19H30N4O9. The van der Waals surface area contributed by atoms with Gasteiger partial charge in [0.2, 0.25) is 5.91 Å². The molecule has 180 valence electrons. The second-order valence-electron chi connectivity index (χ2n) is 8.24. The predicted molar refractivity (Wildman–Crippen MR) is 109 cm³/mol. The molecule has 1 aliphatic heterocycles. The van der Waals surface area contributed by atoms with Crippen LogP contribution in [0.1, 0.15) is 27.0 Å². The van der Waals surface area contributed by atoms with Crippen molar-refractivity contribution >= 4 is 11.9 Å². The van der Waals surface area contributed by atoms with Gasteiger partial charge in [0.15, 0.2) is 13.0 Å². The van der Waals surface area contributed by atoms with E-state index in [2.05, 4.69) is 5.32 Å². The Morgan fingerprint density at radius 3 is 2.59 bits per heavy atom. The number of amides is 1. The topological polar surface area (TPSA) is 184 Å². The summed E-state index contributed by atoms with van der Waals surface area (Å²) < 4.78 is 17.7. The SMILES string of the molecule is CC(C)(C)C(=O)OCn1c(=O)ccn(C2OC(CO)C(O)C2OCC(=O)NCCN)c1=O. The maximum Gasteiger partial charge on any atom is 0.335 e. The molecule has 2 rings (SSSR count). The van der Waals surface area contributed by atoms with Crippen LogP contribution in [-0.2, 0) is 30.5 Å². The molecule has 0 spiro atoms. The van der Waals surface area contributed by atoms with Crippen LogP contribution < -0.4 is 22.3 Å². The van der Waals surface area contributed by atoms with Crippen LogP contribution >= 0.6 is 0 Å². The monoisotopic (exact) mass is 458 g/mol. The van der Waals surface area contributed by atoms with Crippen LogP contribution in [-0.4, -0.2) is 75.8 Å². The van der Waals surface area contributed by atoms with Gasteiger partial charge in [-0.05, 0) is 20.8 Å². The number of aliphatic hydroxyl groups is 2. The van der Waals surface area contributed by atoms with Gasteiger partial charge in [0.1, 0.15) is 24.9 Å². The lowest BCUT2D eigenvalue weighted by Crippen LogP contribution is -2.45. The Hall–Kier alpha value is -2.58. The summed E-state index contributed by atoms with van der Waals surface area (Å²) in [5.41, 5.74) is 2.87. The number of esters is 1. The van der Waals surface area contributed by atoms with E-state index in [9.17, 15) is 29.4 Å². The third-order valence-electron chi connectivity index (χ3n) is 4.67. The number of carbonyl (C=O) groups is 2. The van der Waals surface area contributed by atoms with Gasteiger partial charge >= 0.3 is 11.7 Å². The Morgan fingerprint density at radius 2 is 2.00 bits per heavy atom. The van der Waals surface area contributed by atoms with Crippen molar-refractivity contribution in [1.29, 1.82) is 0 Å². The first kappa shape index (κ1) is 25.7. The summed E-state index contributed by atoms with van der Waals surface area (Å²) in [5, 5.41) is 22.4. The minimum absolute atomic E-state index is 0.228. The van der Waals surface area contributed by atoms with Gasteiger partial charge in [0, 0.05) is 25.4 Å². The van der Waals surface area contributed by atoms with Crippen molar-refractivity contribution in [2.24, 2.45) is 11.1 Å². The number of hydrogen-bond donors (Lipinski definition) is 4. The maximum atomic E-state index is 12.9. The lowest BCUT2D eigenvalue weighted by molar-refractivity contribution is -0.157. The number of nitrogens with one attached hydrogen (secondary N) is 1. The van der Waals surface area contributed by atoms with Gasteiger partial charge in [-0.25, -0.2) is 9.36 Å². The van der Waals surface area contributed by atoms with Crippen LogP contribution in [0.4, 0.5) is 0 Å². The number of rotatable bonds is 9. The van der Waals surface area contributed by atoms with Crippen LogP contribution in [0.3, 0.4) is 0 Å². The highest BCUT2D eigenvalue weighted by Gasteiger charge is 2.46. The molecule has 0 aromatic carbocycles. The molecule has 1 aromatic rings. The van der Waals surface area contributed by atoms with E-state index < -0.39 is 73.0 Å². The second-order valence-corrected chi connectivity index (χ2v) is 8.24. The Bertz CT molecular complexity index is 921. The molecule has 13 nitrogen and oxygen atoms in total. The van der Waals surface area contributed by atoms with E-state index in [-0.39, 0.29) is 13.1 Å². The predicted octanol–water partition coefficient (Wildman–Crippen LogP) is -2.73. The summed E-state index contributed by atoms with van der Waals surface area (Å²) in [6.45, 7) is 3.66. The van der Waals surface area contributed by atoms with Crippen molar-refractivity contribution in [3.63, 3.8) is 0 Å². The van der Waals surface area contributed by atoms with Crippen LogP contribution in [0.5, 0.6) is 0 Å². The minimum atomic E-state index is -1.36. The summed E-state index contributed by atoms with van der Waals surface area (Å²) >= 11 is 0. The maximum absolute atomic E-state index is 12.9. The van der Waals surface area contributed by atoms with Crippen molar-refractivity contribution in [2.45, 2.75) is 52.0 Å². The van der Waals surface area contributed by atoms with E-state index >= 15 is 0 Å². The number of nitrogens with two attached hydrogens (primary N) is 1. The molecule has 13 heteroatoms. The molecule has 32 heavy (non-hydrogen) atoms. The summed E-state index contributed by atoms with van der Waals surface area (Å²) in [6, 6.07) is 1.05. The van der Waals surface area contributed by atoms with E-state index in [1.54, 1.807) is 20.8 Å². The molecule has 0 radical (unpaired) electrons. The van der Waals surface area contributed by atoms with Crippen molar-refractivity contribution in [3.05, 3.63) is 33.1 Å². The highest BCUT2D eigenvalue weighted by molar-refractivity contribution is 5.77. The van der Waals surface area contributed by atoms with Crippen LogP contribution in [0.25, 0.3) is 0 Å². The van der Waals surface area contributed by atoms with Gasteiger partial charge in [-0.3, -0.25) is 19.0 Å². The molecule has 5 N–H and O–H groups in total. The van der Waals surface area contributed by atoms with E-state index in [1.165, 1.54) is 0 Å². The molecule has 2 heterocycles. The molecule has 1 aromatic heterocycles. The molecule has 1 saturated heterocycles. The number of nitrogens with zero attached hydrogens (tertiary/aromatic N) is 2. The van der Waals surface area contributed by atoms with E-state index in [0.29, 0.717) is 4.57 Å². The van der Waals surface area contributed by atoms with Gasteiger partial charge < -0.3 is 35.5 Å². The molecule has 0 bridgehead atoms. The van der Waals surface area contributed by atoms with Crippen molar-refractivity contribution in [3.8, 4) is 0 Å². The largest absolute Gasteiger partial charge is 0.443 e. The first-order chi connectivity index (χ1) is 15.0. The summed E-state index contributed by atoms with van der Waals surface area (Å²) in [6.07, 6.45) is -3.80. The summed E-state index contributed by atoms with van der Waals surface area (Å²) in [4.78, 5) is 48.9. The molecule has 1 amide bonds. The Kier molecular flexibility index (Phi) is 8.69. The van der Waals surface area contributed by atoms with E-state index in [1.807, 2.05) is 0 Å². The average molecular weight is 458 g/mol. The molecule has 4 atom stereocenters. The zero-order valence-corrected chi connectivity index (χ0v) is 18.2. The minimum Gasteiger partial charge on any atom is -0.443 e. The third kappa shape index (κ3) is 6.01. The van der Waals surface area contributed by atoms with Crippen molar-refractivity contribution in [2.75, 3.05) is 26.3 Å². The Morgan fingerprint density at radius 1 is 1.31 bits per heavy atom. The summed E-state index contributed by atoms with van der Waals surface area (Å²) in [5.74, 6) is -1.11. The molecule has 4 unspecified atom stereocenters. The number of ether oxygens (including phenoxy) is 3. The number of carbonyl (C=O) groups excluding carboxylic acids is 2. The number of hydrogen-bond acceptors (Lipinski definition) is 10. The molecule has 0 saturated carbocycles. The van der Waals surface area contributed by atoms with Crippen molar-refractivity contribution in [1.82, 2.24) is 14.5 Å². The molecule has 1 fully saturated rings. The van der Waals surface area contributed by atoms with Crippen LogP contribution in [0.2, 0.25) is 0 Å². The lowest BCUT2D eigenvalue weighted by Gasteiger charge is -2.23. The second kappa shape index (κ2) is 10.8. The van der Waals surface area contributed by atoms with Gasteiger partial charge in [-0.15, -0.1) is 0 Å². The van der Waals surface area contributed by atoms with Gasteiger partial charge in [-0.2, -0.15) is 0 Å². The van der Waals surface area contributed by atoms with Gasteiger partial charge in [0.25, 0.3) is 5.56 Å². The highest BCUT2D eigenvalue weighted by Crippen LogP contribution is 2.30. The fraction of sp³-hybridized carbons (Fsp3) is 0.684. The lowest BCUT2D eigenvalue weighted by atomic mass is 9.98. The van der Waals surface area contributed by atoms with Crippen LogP contribution in [0.15, 0.2) is 21.9 Å². The quantitative estimate of drug-likeness (QED) is 0.283. The van der Waals surface area contributed by atoms with E-state index in [0.717, 1.165) is 16.8 Å². The first-order valence-corrected chi connectivity index (χ1v) is 10.0. The fourth-order valence-corrected chi connectivity index (χ4v) is 2.89. The molecular weight excluding hydrogens is 428 g/mol. The third-order valence-corrected chi connectivity index (χ3v) is 4.67. The van der Waals surface area contributed by atoms with Gasteiger partial charge in [0.05, 0.1) is 12.0 Å². The van der Waals surface area contributed by atoms with Crippen molar-refractivity contribution < 1.29 is 34.0 Å². The Labute approximate surface area is 183 Å². The van der Waals surface area contributed by atoms with Crippen LogP contribution in [0, 0.1) is 5.41 Å². The number of aliphatic hydroxyl groups excluding tert-OH is 2. The smallest absolute Gasteiger partial charge is 0.335 e. The summed E-state index contributed by atoms with van der Waals surface area (Å²) in [7, 11) is 0. The highest BCUT2D eigenvalue weighted by atomic mass is 16.6. The first-order valence-electron chi connectivity index (χ1n) is 10.0. The van der Waals surface area contributed by atoms with E-state index in [4.69, 9.17) is 19.9 Å². The molecule has 1 aliphatic rings. The van der Waals surface area contributed by atoms with Gasteiger partial charge in [-0.1, -0.05) is 0 Å². The number of aromatic nitrogens is 2. The standard InChI is InChI=1S/C19H30N4O9/c1-19(2,3)17(28)31-10-23-13(26)4-7-22(18(23)29)16-15(14(27)11(8-24)32-16)30-9-12(25)21-6-5-20/h4,7,11,14-16,24,27H,5-6,8-10,20H2,1-3H3,(H,21,25). The normalized spacial score (nSPS) is 23.2. The average Bonchev–Trinajstić information content (AvgIpc) is 3.04.